The lowest BCUT2D eigenvalue weighted by Crippen LogP contribution is -2.49. The predicted octanol–water partition coefficient (Wildman–Crippen LogP) is 3.21. The Morgan fingerprint density at radius 2 is 2.11 bits per heavy atom. The number of amides is 1. The minimum atomic E-state index is -0.287. The first-order valence-electron chi connectivity index (χ1n) is 6.12. The van der Waals surface area contributed by atoms with Gasteiger partial charge in [-0.15, -0.1) is 22.7 Å². The molecular formula is C13H18N2OS2. The number of nitrogens with one attached hydrogen (secondary N) is 1. The van der Waals surface area contributed by atoms with Crippen molar-refractivity contribution in [3.63, 3.8) is 0 Å². The third-order valence-electron chi connectivity index (χ3n) is 3.37. The molecule has 0 spiro atoms. The third-order valence-corrected chi connectivity index (χ3v) is 5.46. The molecule has 0 aromatic carbocycles. The first-order valence-corrected chi connectivity index (χ1v) is 7.81. The zero-order valence-electron chi connectivity index (χ0n) is 10.7. The summed E-state index contributed by atoms with van der Waals surface area (Å²) in [6, 6.07) is 4.00. The molecule has 0 fully saturated rings. The van der Waals surface area contributed by atoms with Crippen LogP contribution >= 0.6 is 22.7 Å². The van der Waals surface area contributed by atoms with Crippen molar-refractivity contribution in [2.24, 2.45) is 5.73 Å². The molecule has 0 saturated carbocycles. The maximum Gasteiger partial charge on any atom is 0.261 e. The highest BCUT2D eigenvalue weighted by atomic mass is 32.1. The van der Waals surface area contributed by atoms with E-state index in [9.17, 15) is 4.79 Å². The molecule has 2 rings (SSSR count). The molecule has 98 valence electrons. The predicted molar refractivity (Wildman–Crippen MR) is 79.5 cm³/mol. The van der Waals surface area contributed by atoms with Gasteiger partial charge in [0.05, 0.1) is 4.88 Å². The summed E-state index contributed by atoms with van der Waals surface area (Å²) in [5, 5.41) is 4.99. The maximum atomic E-state index is 12.0. The normalized spacial score (nSPS) is 11.9. The summed E-state index contributed by atoms with van der Waals surface area (Å²) in [4.78, 5) is 12.8. The molecule has 0 unspecified atom stereocenters. The highest BCUT2D eigenvalue weighted by Crippen LogP contribution is 2.29. The van der Waals surface area contributed by atoms with E-state index in [4.69, 9.17) is 5.73 Å². The number of carbonyl (C=O) groups excluding carboxylic acids is 1. The molecule has 0 bridgehead atoms. The SMILES string of the molecule is CCC(N)(CC)CNC(=O)c1cc2sccc2s1. The van der Waals surface area contributed by atoms with Crippen LogP contribution in [-0.4, -0.2) is 18.0 Å². The average Bonchev–Trinajstić information content (AvgIpc) is 2.96. The van der Waals surface area contributed by atoms with E-state index in [2.05, 4.69) is 19.2 Å². The van der Waals surface area contributed by atoms with E-state index < -0.39 is 0 Å². The van der Waals surface area contributed by atoms with Gasteiger partial charge >= 0.3 is 0 Å². The van der Waals surface area contributed by atoms with Crippen LogP contribution in [-0.2, 0) is 0 Å². The van der Waals surface area contributed by atoms with Gasteiger partial charge in [0.15, 0.2) is 0 Å². The van der Waals surface area contributed by atoms with Gasteiger partial charge in [0.2, 0.25) is 0 Å². The fourth-order valence-electron chi connectivity index (χ4n) is 1.72. The van der Waals surface area contributed by atoms with Crippen LogP contribution in [0.2, 0.25) is 0 Å². The largest absolute Gasteiger partial charge is 0.349 e. The second-order valence-electron chi connectivity index (χ2n) is 4.51. The Morgan fingerprint density at radius 3 is 2.72 bits per heavy atom. The van der Waals surface area contributed by atoms with Crippen LogP contribution in [0.4, 0.5) is 0 Å². The molecule has 0 radical (unpaired) electrons. The van der Waals surface area contributed by atoms with E-state index in [1.54, 1.807) is 11.3 Å². The molecule has 0 saturated heterocycles. The molecule has 1 amide bonds. The van der Waals surface area contributed by atoms with Crippen molar-refractivity contribution in [3.05, 3.63) is 22.4 Å². The summed E-state index contributed by atoms with van der Waals surface area (Å²) in [6.45, 7) is 4.64. The number of rotatable bonds is 5. The first-order chi connectivity index (χ1) is 8.58. The molecule has 0 atom stereocenters. The molecule has 2 heterocycles. The minimum absolute atomic E-state index is 0.0138. The lowest BCUT2D eigenvalue weighted by Gasteiger charge is -2.26. The van der Waals surface area contributed by atoms with Crippen molar-refractivity contribution < 1.29 is 4.79 Å². The van der Waals surface area contributed by atoms with Gasteiger partial charge in [0.1, 0.15) is 0 Å². The average molecular weight is 282 g/mol. The zero-order valence-corrected chi connectivity index (χ0v) is 12.3. The Morgan fingerprint density at radius 1 is 1.39 bits per heavy atom. The van der Waals surface area contributed by atoms with Gasteiger partial charge in [0.25, 0.3) is 5.91 Å². The number of nitrogens with two attached hydrogens (primary N) is 1. The monoisotopic (exact) mass is 282 g/mol. The highest BCUT2D eigenvalue weighted by molar-refractivity contribution is 7.27. The van der Waals surface area contributed by atoms with Gasteiger partial charge in [-0.3, -0.25) is 4.79 Å². The first kappa shape index (κ1) is 13.5. The third kappa shape index (κ3) is 2.74. The molecule has 2 aromatic heterocycles. The van der Waals surface area contributed by atoms with Crippen molar-refractivity contribution in [1.82, 2.24) is 5.32 Å². The number of thiophene rings is 2. The minimum Gasteiger partial charge on any atom is -0.349 e. The number of carbonyl (C=O) groups is 1. The Kier molecular flexibility index (Phi) is 4.04. The number of hydrogen-bond acceptors (Lipinski definition) is 4. The van der Waals surface area contributed by atoms with Crippen LogP contribution in [0.25, 0.3) is 9.40 Å². The maximum absolute atomic E-state index is 12.0. The quantitative estimate of drug-likeness (QED) is 0.884. The van der Waals surface area contributed by atoms with E-state index >= 15 is 0 Å². The van der Waals surface area contributed by atoms with Crippen LogP contribution < -0.4 is 11.1 Å². The molecule has 0 aliphatic heterocycles. The topological polar surface area (TPSA) is 55.1 Å². The Labute approximate surface area is 115 Å². The van der Waals surface area contributed by atoms with Crippen molar-refractivity contribution in [1.29, 1.82) is 0 Å². The summed E-state index contributed by atoms with van der Waals surface area (Å²) in [5.41, 5.74) is 5.88. The van der Waals surface area contributed by atoms with E-state index in [1.807, 2.05) is 17.5 Å². The lowest BCUT2D eigenvalue weighted by atomic mass is 9.94. The summed E-state index contributed by atoms with van der Waals surface area (Å²) < 4.78 is 2.35. The van der Waals surface area contributed by atoms with Crippen LogP contribution in [0.3, 0.4) is 0 Å². The molecule has 3 nitrogen and oxygen atoms in total. The summed E-state index contributed by atoms with van der Waals surface area (Å²) in [6.07, 6.45) is 1.73. The van der Waals surface area contributed by atoms with Crippen molar-refractivity contribution in [3.8, 4) is 0 Å². The van der Waals surface area contributed by atoms with Gasteiger partial charge in [0, 0.05) is 21.5 Å². The van der Waals surface area contributed by atoms with E-state index in [0.717, 1.165) is 17.7 Å². The second-order valence-corrected chi connectivity index (χ2v) is 6.54. The second kappa shape index (κ2) is 5.38. The summed E-state index contributed by atoms with van der Waals surface area (Å²) >= 11 is 3.20. The molecule has 2 aromatic rings. The van der Waals surface area contributed by atoms with E-state index in [1.165, 1.54) is 20.7 Å². The molecule has 3 N–H and O–H groups in total. The molecule has 0 aliphatic rings. The Bertz CT molecular complexity index is 511. The number of hydrogen-bond donors (Lipinski definition) is 2. The fraction of sp³-hybridized carbons (Fsp3) is 0.462. The van der Waals surface area contributed by atoms with Crippen molar-refractivity contribution in [2.75, 3.05) is 6.54 Å². The van der Waals surface area contributed by atoms with Crippen LogP contribution in [0, 0.1) is 0 Å². The Hall–Kier alpha value is -0.910. The zero-order chi connectivity index (χ0) is 13.2. The molecule has 18 heavy (non-hydrogen) atoms. The Balaban J connectivity index is 2.02. The molecular weight excluding hydrogens is 264 g/mol. The smallest absolute Gasteiger partial charge is 0.261 e. The lowest BCUT2D eigenvalue weighted by molar-refractivity contribution is 0.0946. The number of fused-ring (bicyclic) bond motifs is 1. The van der Waals surface area contributed by atoms with Crippen LogP contribution in [0.1, 0.15) is 36.4 Å². The van der Waals surface area contributed by atoms with Gasteiger partial charge in [-0.1, -0.05) is 13.8 Å². The van der Waals surface area contributed by atoms with Gasteiger partial charge in [-0.25, -0.2) is 0 Å². The van der Waals surface area contributed by atoms with E-state index in [-0.39, 0.29) is 11.4 Å². The van der Waals surface area contributed by atoms with E-state index in [0.29, 0.717) is 6.54 Å². The van der Waals surface area contributed by atoms with Gasteiger partial charge in [-0.05, 0) is 30.4 Å². The summed E-state index contributed by atoms with van der Waals surface area (Å²) in [7, 11) is 0. The highest BCUT2D eigenvalue weighted by Gasteiger charge is 2.21. The standard InChI is InChI=1S/C13H18N2OS2/c1-3-13(14,4-2)8-15-12(16)11-7-10-9(18-11)5-6-17-10/h5-7H,3-4,8,14H2,1-2H3,(H,15,16). The van der Waals surface area contributed by atoms with Gasteiger partial charge < -0.3 is 11.1 Å². The summed E-state index contributed by atoms with van der Waals surface area (Å²) in [5.74, 6) is -0.0138. The van der Waals surface area contributed by atoms with Crippen LogP contribution in [0.15, 0.2) is 17.5 Å². The van der Waals surface area contributed by atoms with Crippen molar-refractivity contribution >= 4 is 38.0 Å². The van der Waals surface area contributed by atoms with Gasteiger partial charge in [-0.2, -0.15) is 0 Å². The molecule has 0 aliphatic carbocycles. The fourth-order valence-corrected chi connectivity index (χ4v) is 3.75. The van der Waals surface area contributed by atoms with Crippen LogP contribution in [0.5, 0.6) is 0 Å². The van der Waals surface area contributed by atoms with Crippen molar-refractivity contribution in [2.45, 2.75) is 32.2 Å². The molecule has 5 heteroatoms.